The minimum absolute atomic E-state index is 0.0654. The van der Waals surface area contributed by atoms with Crippen LogP contribution in [0.2, 0.25) is 0 Å². The predicted molar refractivity (Wildman–Crippen MR) is 79.1 cm³/mol. The van der Waals surface area contributed by atoms with Crippen molar-refractivity contribution in [3.63, 3.8) is 0 Å². The van der Waals surface area contributed by atoms with Crippen LogP contribution in [0.4, 0.5) is 5.69 Å². The molecule has 2 rings (SSSR count). The SMILES string of the molecule is Cc1cc(C)cc(S(=O)(=O)Nc2ccc(CO)cc2)c1. The van der Waals surface area contributed by atoms with Gasteiger partial charge in [-0.1, -0.05) is 18.2 Å². The average molecular weight is 291 g/mol. The molecule has 106 valence electrons. The Morgan fingerprint density at radius 3 is 2.05 bits per heavy atom. The number of benzene rings is 2. The molecule has 0 aliphatic rings. The van der Waals surface area contributed by atoms with Crippen molar-refractivity contribution in [2.24, 2.45) is 0 Å². The first-order valence-electron chi connectivity index (χ1n) is 6.21. The van der Waals surface area contributed by atoms with Crippen LogP contribution in [0.1, 0.15) is 16.7 Å². The Bertz CT molecular complexity index is 686. The fourth-order valence-corrected chi connectivity index (χ4v) is 3.23. The molecule has 0 atom stereocenters. The highest BCUT2D eigenvalue weighted by atomic mass is 32.2. The number of aliphatic hydroxyl groups is 1. The minimum atomic E-state index is -3.59. The Balaban J connectivity index is 2.30. The summed E-state index contributed by atoms with van der Waals surface area (Å²) in [6, 6.07) is 11.8. The molecule has 4 nitrogen and oxygen atoms in total. The van der Waals surface area contributed by atoms with E-state index in [1.807, 2.05) is 19.9 Å². The fourth-order valence-electron chi connectivity index (χ4n) is 1.98. The smallest absolute Gasteiger partial charge is 0.261 e. The molecule has 0 amide bonds. The molecule has 5 heteroatoms. The third-order valence-electron chi connectivity index (χ3n) is 2.89. The van der Waals surface area contributed by atoms with Crippen LogP contribution < -0.4 is 4.72 Å². The largest absolute Gasteiger partial charge is 0.392 e. The summed E-state index contributed by atoms with van der Waals surface area (Å²) < 4.78 is 27.1. The number of hydrogen-bond donors (Lipinski definition) is 2. The molecule has 0 heterocycles. The van der Waals surface area contributed by atoms with Gasteiger partial charge in [-0.2, -0.15) is 0 Å². The molecule has 0 saturated heterocycles. The molecule has 0 aliphatic carbocycles. The van der Waals surface area contributed by atoms with E-state index in [1.54, 1.807) is 36.4 Å². The fraction of sp³-hybridized carbons (Fsp3) is 0.200. The van der Waals surface area contributed by atoms with Gasteiger partial charge in [-0.15, -0.1) is 0 Å². The number of hydrogen-bond acceptors (Lipinski definition) is 3. The van der Waals surface area contributed by atoms with Gasteiger partial charge >= 0.3 is 0 Å². The number of nitrogens with one attached hydrogen (secondary N) is 1. The molecule has 0 aromatic heterocycles. The lowest BCUT2D eigenvalue weighted by atomic mass is 10.2. The zero-order chi connectivity index (χ0) is 14.8. The third kappa shape index (κ3) is 3.37. The van der Waals surface area contributed by atoms with E-state index in [4.69, 9.17) is 5.11 Å². The maximum atomic E-state index is 12.3. The van der Waals surface area contributed by atoms with Gasteiger partial charge in [-0.25, -0.2) is 8.42 Å². The van der Waals surface area contributed by atoms with Gasteiger partial charge in [0.25, 0.3) is 10.0 Å². The van der Waals surface area contributed by atoms with Gasteiger partial charge in [-0.3, -0.25) is 4.72 Å². The normalized spacial score (nSPS) is 11.3. The lowest BCUT2D eigenvalue weighted by molar-refractivity contribution is 0.282. The molecule has 2 aromatic rings. The Kier molecular flexibility index (Phi) is 4.11. The second kappa shape index (κ2) is 5.64. The molecule has 2 aromatic carbocycles. The van der Waals surface area contributed by atoms with E-state index in [-0.39, 0.29) is 11.5 Å². The number of sulfonamides is 1. The van der Waals surface area contributed by atoms with Gasteiger partial charge in [-0.05, 0) is 54.8 Å². The van der Waals surface area contributed by atoms with Crippen LogP contribution in [-0.4, -0.2) is 13.5 Å². The van der Waals surface area contributed by atoms with E-state index < -0.39 is 10.0 Å². The van der Waals surface area contributed by atoms with Crippen molar-refractivity contribution in [2.45, 2.75) is 25.3 Å². The Hall–Kier alpha value is -1.85. The van der Waals surface area contributed by atoms with Crippen LogP contribution in [0.15, 0.2) is 47.4 Å². The third-order valence-corrected chi connectivity index (χ3v) is 4.25. The Morgan fingerprint density at radius 1 is 1.00 bits per heavy atom. The molecule has 0 spiro atoms. The Labute approximate surface area is 119 Å². The van der Waals surface area contributed by atoms with Crippen molar-refractivity contribution >= 4 is 15.7 Å². The van der Waals surface area contributed by atoms with Crippen molar-refractivity contribution in [1.29, 1.82) is 0 Å². The highest BCUT2D eigenvalue weighted by molar-refractivity contribution is 7.92. The van der Waals surface area contributed by atoms with Crippen molar-refractivity contribution in [3.05, 3.63) is 59.2 Å². The van der Waals surface area contributed by atoms with Crippen molar-refractivity contribution in [2.75, 3.05) is 4.72 Å². The summed E-state index contributed by atoms with van der Waals surface area (Å²) in [5.41, 5.74) is 3.02. The molecule has 0 bridgehead atoms. The molecule has 0 radical (unpaired) electrons. The number of anilines is 1. The van der Waals surface area contributed by atoms with Crippen LogP contribution in [-0.2, 0) is 16.6 Å². The topological polar surface area (TPSA) is 66.4 Å². The first-order chi connectivity index (χ1) is 9.40. The van der Waals surface area contributed by atoms with E-state index in [1.165, 1.54) is 0 Å². The van der Waals surface area contributed by atoms with Crippen LogP contribution in [0.5, 0.6) is 0 Å². The quantitative estimate of drug-likeness (QED) is 0.910. The predicted octanol–water partition coefficient (Wildman–Crippen LogP) is 2.60. The van der Waals surface area contributed by atoms with Gasteiger partial charge in [0.15, 0.2) is 0 Å². The van der Waals surface area contributed by atoms with Gasteiger partial charge < -0.3 is 5.11 Å². The van der Waals surface area contributed by atoms with E-state index in [9.17, 15) is 8.42 Å². The highest BCUT2D eigenvalue weighted by Crippen LogP contribution is 2.19. The summed E-state index contributed by atoms with van der Waals surface area (Å²) in [5.74, 6) is 0. The van der Waals surface area contributed by atoms with E-state index in [2.05, 4.69) is 4.72 Å². The van der Waals surface area contributed by atoms with Gasteiger partial charge in [0, 0.05) is 5.69 Å². The van der Waals surface area contributed by atoms with E-state index in [0.717, 1.165) is 16.7 Å². The zero-order valence-corrected chi connectivity index (χ0v) is 12.2. The summed E-state index contributed by atoms with van der Waals surface area (Å²) in [5, 5.41) is 8.96. The molecule has 0 aliphatic heterocycles. The summed E-state index contributed by atoms with van der Waals surface area (Å²) in [4.78, 5) is 0.251. The first-order valence-corrected chi connectivity index (χ1v) is 7.70. The zero-order valence-electron chi connectivity index (χ0n) is 11.4. The first kappa shape index (κ1) is 14.6. The highest BCUT2D eigenvalue weighted by Gasteiger charge is 2.14. The molecular formula is C15H17NO3S. The standard InChI is InChI=1S/C15H17NO3S/c1-11-7-12(2)9-15(8-11)20(18,19)16-14-5-3-13(10-17)4-6-14/h3-9,16-17H,10H2,1-2H3. The second-order valence-electron chi connectivity index (χ2n) is 4.78. The average Bonchev–Trinajstić information content (AvgIpc) is 2.38. The van der Waals surface area contributed by atoms with Crippen LogP contribution in [0.25, 0.3) is 0 Å². The molecule has 2 N–H and O–H groups in total. The molecular weight excluding hydrogens is 274 g/mol. The maximum absolute atomic E-state index is 12.3. The van der Waals surface area contributed by atoms with Crippen LogP contribution in [0.3, 0.4) is 0 Å². The summed E-state index contributed by atoms with van der Waals surface area (Å²) in [6.45, 7) is 3.66. The summed E-state index contributed by atoms with van der Waals surface area (Å²) in [7, 11) is -3.59. The monoisotopic (exact) mass is 291 g/mol. The molecule has 0 fully saturated rings. The van der Waals surface area contributed by atoms with E-state index in [0.29, 0.717) is 5.69 Å². The lowest BCUT2D eigenvalue weighted by Crippen LogP contribution is -2.13. The minimum Gasteiger partial charge on any atom is -0.392 e. The van der Waals surface area contributed by atoms with Crippen molar-refractivity contribution < 1.29 is 13.5 Å². The molecule has 0 unspecified atom stereocenters. The lowest BCUT2D eigenvalue weighted by Gasteiger charge is -2.10. The van der Waals surface area contributed by atoms with Crippen molar-refractivity contribution in [3.8, 4) is 0 Å². The van der Waals surface area contributed by atoms with Gasteiger partial charge in [0.1, 0.15) is 0 Å². The molecule has 0 saturated carbocycles. The summed E-state index contributed by atoms with van der Waals surface area (Å²) >= 11 is 0. The number of aliphatic hydroxyl groups excluding tert-OH is 1. The van der Waals surface area contributed by atoms with Gasteiger partial charge in [0.05, 0.1) is 11.5 Å². The van der Waals surface area contributed by atoms with Crippen LogP contribution in [0, 0.1) is 13.8 Å². The number of rotatable bonds is 4. The molecule has 20 heavy (non-hydrogen) atoms. The Morgan fingerprint density at radius 2 is 1.55 bits per heavy atom. The summed E-state index contributed by atoms with van der Waals surface area (Å²) in [6.07, 6.45) is 0. The second-order valence-corrected chi connectivity index (χ2v) is 6.47. The van der Waals surface area contributed by atoms with Crippen LogP contribution >= 0.6 is 0 Å². The van der Waals surface area contributed by atoms with Gasteiger partial charge in [0.2, 0.25) is 0 Å². The number of aryl methyl sites for hydroxylation is 2. The van der Waals surface area contributed by atoms with Crippen molar-refractivity contribution in [1.82, 2.24) is 0 Å². The van der Waals surface area contributed by atoms with E-state index >= 15 is 0 Å². The maximum Gasteiger partial charge on any atom is 0.261 e.